The maximum Gasteiger partial charge on any atom is 0.225 e. The van der Waals surface area contributed by atoms with Gasteiger partial charge in [0.1, 0.15) is 11.9 Å². The average molecular weight is 444 g/mol. The van der Waals surface area contributed by atoms with Crippen LogP contribution in [-0.2, 0) is 9.53 Å². The van der Waals surface area contributed by atoms with E-state index in [1.807, 2.05) is 17.2 Å². The topological polar surface area (TPSA) is 85.2 Å². The summed E-state index contributed by atoms with van der Waals surface area (Å²) in [5, 5.41) is 11.2. The molecule has 1 saturated carbocycles. The van der Waals surface area contributed by atoms with Crippen molar-refractivity contribution in [1.29, 1.82) is 5.26 Å². The first kappa shape index (κ1) is 21.5. The summed E-state index contributed by atoms with van der Waals surface area (Å²) in [5.41, 5.74) is 4.90. The monoisotopic (exact) mass is 443 g/mol. The molecule has 1 aliphatic carbocycles. The first-order valence-electron chi connectivity index (χ1n) is 11.6. The molecule has 0 bridgehead atoms. The molecule has 33 heavy (non-hydrogen) atoms. The van der Waals surface area contributed by atoms with Crippen molar-refractivity contribution in [2.45, 2.75) is 38.1 Å². The Morgan fingerprint density at radius 2 is 2.12 bits per heavy atom. The number of ether oxygens (including phenoxy) is 1. The van der Waals surface area contributed by atoms with Crippen molar-refractivity contribution in [3.8, 4) is 17.2 Å². The number of fused-ring (bicyclic) bond motifs is 1. The van der Waals surface area contributed by atoms with E-state index >= 15 is 0 Å². The Morgan fingerprint density at radius 3 is 2.85 bits per heavy atom. The smallest absolute Gasteiger partial charge is 0.225 e. The minimum absolute atomic E-state index is 0.0517. The lowest BCUT2D eigenvalue weighted by atomic mass is 9.98. The highest BCUT2D eigenvalue weighted by Gasteiger charge is 2.33. The number of piperazine rings is 1. The molecule has 3 heterocycles. The van der Waals surface area contributed by atoms with E-state index in [0.717, 1.165) is 41.0 Å². The second-order valence-corrected chi connectivity index (χ2v) is 9.08. The highest BCUT2D eigenvalue weighted by atomic mass is 16.5. The van der Waals surface area contributed by atoms with Gasteiger partial charge in [0.2, 0.25) is 5.91 Å². The minimum Gasteiger partial charge on any atom is -0.384 e. The predicted molar refractivity (Wildman–Crippen MR) is 128 cm³/mol. The second kappa shape index (κ2) is 8.87. The van der Waals surface area contributed by atoms with E-state index < -0.39 is 0 Å². The van der Waals surface area contributed by atoms with E-state index in [4.69, 9.17) is 9.72 Å². The second-order valence-electron chi connectivity index (χ2n) is 9.08. The Bertz CT molecular complexity index is 1220. The Hall–Kier alpha value is -3.37. The number of nitrogens with one attached hydrogen (secondary N) is 1. The molecule has 7 nitrogen and oxygen atoms in total. The zero-order chi connectivity index (χ0) is 22.9. The molecule has 1 amide bonds. The Morgan fingerprint density at radius 1 is 1.27 bits per heavy atom. The lowest BCUT2D eigenvalue weighted by molar-refractivity contribution is -0.134. The van der Waals surface area contributed by atoms with Gasteiger partial charge in [0.25, 0.3) is 0 Å². The summed E-state index contributed by atoms with van der Waals surface area (Å²) in [7, 11) is 1.61. The largest absolute Gasteiger partial charge is 0.384 e. The number of nitrogens with zero attached hydrogens (tertiary/aromatic N) is 4. The van der Waals surface area contributed by atoms with Gasteiger partial charge in [0, 0.05) is 56.0 Å². The number of hydrogen-bond donors (Lipinski definition) is 1. The zero-order valence-electron chi connectivity index (χ0n) is 19.2. The Balaban J connectivity index is 1.46. The number of nitriles is 1. The summed E-state index contributed by atoms with van der Waals surface area (Å²) >= 11 is 0. The van der Waals surface area contributed by atoms with Crippen LogP contribution in [0.4, 0.5) is 5.82 Å². The van der Waals surface area contributed by atoms with Crippen LogP contribution in [0.1, 0.15) is 43.4 Å². The molecule has 2 aliphatic rings. The summed E-state index contributed by atoms with van der Waals surface area (Å²) in [5.74, 6) is 1.31. The van der Waals surface area contributed by atoms with E-state index in [2.05, 4.69) is 47.1 Å². The van der Waals surface area contributed by atoms with Crippen LogP contribution >= 0.6 is 0 Å². The van der Waals surface area contributed by atoms with Gasteiger partial charge in [-0.3, -0.25) is 4.79 Å². The maximum atomic E-state index is 12.5. The summed E-state index contributed by atoms with van der Waals surface area (Å²) in [6.45, 7) is 4.46. The molecule has 2 aromatic heterocycles. The van der Waals surface area contributed by atoms with Crippen LogP contribution in [0, 0.1) is 11.3 Å². The van der Waals surface area contributed by atoms with Crippen molar-refractivity contribution in [2.75, 3.05) is 38.3 Å². The van der Waals surface area contributed by atoms with Crippen LogP contribution in [0.15, 0.2) is 36.5 Å². The number of carbonyl (C=O) groups excluding carboxylic acids is 1. The fourth-order valence-electron chi connectivity index (χ4n) is 4.81. The van der Waals surface area contributed by atoms with Gasteiger partial charge < -0.3 is 19.5 Å². The quantitative estimate of drug-likeness (QED) is 0.621. The molecule has 170 valence electrons. The van der Waals surface area contributed by atoms with Crippen LogP contribution in [0.25, 0.3) is 22.0 Å². The van der Waals surface area contributed by atoms with Crippen molar-refractivity contribution in [3.05, 3.63) is 47.8 Å². The molecular formula is C26H29N5O2. The third kappa shape index (κ3) is 4.19. The van der Waals surface area contributed by atoms with Crippen LogP contribution in [0.3, 0.4) is 0 Å². The van der Waals surface area contributed by atoms with Crippen molar-refractivity contribution >= 4 is 22.6 Å². The van der Waals surface area contributed by atoms with Crippen LogP contribution in [0.5, 0.6) is 0 Å². The molecular weight excluding hydrogens is 414 g/mol. The van der Waals surface area contributed by atoms with Gasteiger partial charge in [-0.2, -0.15) is 5.26 Å². The number of H-pyrrole nitrogens is 1. The number of benzene rings is 1. The number of methoxy groups -OCH3 is 1. The van der Waals surface area contributed by atoms with Gasteiger partial charge in [-0.05, 0) is 48.9 Å². The molecule has 1 aromatic carbocycles. The molecule has 5 rings (SSSR count). The van der Waals surface area contributed by atoms with Crippen molar-refractivity contribution in [3.63, 3.8) is 0 Å². The van der Waals surface area contributed by atoms with Gasteiger partial charge in [-0.25, -0.2) is 4.98 Å². The van der Waals surface area contributed by atoms with Crippen LogP contribution in [0.2, 0.25) is 0 Å². The van der Waals surface area contributed by atoms with E-state index in [9.17, 15) is 10.1 Å². The van der Waals surface area contributed by atoms with Crippen LogP contribution in [-0.4, -0.2) is 60.2 Å². The first-order valence-corrected chi connectivity index (χ1v) is 11.6. The molecule has 7 heteroatoms. The first-order chi connectivity index (χ1) is 16.1. The summed E-state index contributed by atoms with van der Waals surface area (Å²) in [6.07, 6.45) is 4.61. The Kier molecular flexibility index (Phi) is 5.77. The summed E-state index contributed by atoms with van der Waals surface area (Å²) < 4.78 is 5.06. The van der Waals surface area contributed by atoms with Gasteiger partial charge in [-0.1, -0.05) is 12.1 Å². The normalized spacial score (nSPS) is 18.5. The predicted octanol–water partition coefficient (Wildman–Crippen LogP) is 4.05. The zero-order valence-corrected chi connectivity index (χ0v) is 19.2. The standard InChI is InChI=1S/C26H29N5O2/c1-17-16-30(10-11-31(17)24(32)8-12-33-2)26-21(15-27)13-22(25(29-26)19-4-5-19)20-6-3-18-7-9-28-23(18)14-20/h3,6-7,9,13-14,17,19,28H,4-5,8,10-12,16H2,1-2H3/t17-/m1/s1. The number of amides is 1. The third-order valence-electron chi connectivity index (χ3n) is 6.75. The number of anilines is 1. The van der Waals surface area contributed by atoms with Crippen molar-refractivity contribution in [2.24, 2.45) is 0 Å². The number of rotatable bonds is 6. The fourth-order valence-corrected chi connectivity index (χ4v) is 4.81. The summed E-state index contributed by atoms with van der Waals surface area (Å²) in [6, 6.07) is 12.9. The van der Waals surface area contributed by atoms with E-state index in [-0.39, 0.29) is 11.9 Å². The SMILES string of the molecule is COCCC(=O)N1CCN(c2nc(C3CC3)c(-c3ccc4cc[nH]c4c3)cc2C#N)C[C@H]1C. The van der Waals surface area contributed by atoms with Crippen LogP contribution < -0.4 is 4.90 Å². The Labute approximate surface area is 194 Å². The highest BCUT2D eigenvalue weighted by molar-refractivity contribution is 5.86. The van der Waals surface area contributed by atoms with Gasteiger partial charge in [0.05, 0.1) is 24.3 Å². The lowest BCUT2D eigenvalue weighted by Gasteiger charge is -2.41. The molecule has 0 radical (unpaired) electrons. The van der Waals surface area contributed by atoms with E-state index in [1.165, 1.54) is 5.39 Å². The maximum absolute atomic E-state index is 12.5. The lowest BCUT2D eigenvalue weighted by Crippen LogP contribution is -2.54. The molecule has 3 aromatic rings. The van der Waals surface area contributed by atoms with Gasteiger partial charge >= 0.3 is 0 Å². The molecule has 1 aliphatic heterocycles. The minimum atomic E-state index is 0.0517. The number of hydrogen-bond acceptors (Lipinski definition) is 5. The summed E-state index contributed by atoms with van der Waals surface area (Å²) in [4.78, 5) is 25.0. The van der Waals surface area contributed by atoms with Crippen molar-refractivity contribution in [1.82, 2.24) is 14.9 Å². The van der Waals surface area contributed by atoms with Crippen molar-refractivity contribution < 1.29 is 9.53 Å². The fraction of sp³-hybridized carbons (Fsp3) is 0.423. The van der Waals surface area contributed by atoms with Gasteiger partial charge in [-0.15, -0.1) is 0 Å². The van der Waals surface area contributed by atoms with Gasteiger partial charge in [0.15, 0.2) is 0 Å². The number of pyridine rings is 1. The van der Waals surface area contributed by atoms with E-state index in [0.29, 0.717) is 44.1 Å². The molecule has 2 fully saturated rings. The number of aromatic nitrogens is 2. The number of aromatic amines is 1. The highest BCUT2D eigenvalue weighted by Crippen LogP contribution is 2.45. The molecule has 0 spiro atoms. The molecule has 0 unspecified atom stereocenters. The molecule has 1 saturated heterocycles. The average Bonchev–Trinajstić information content (AvgIpc) is 3.58. The molecule has 1 N–H and O–H groups in total. The number of carbonyl (C=O) groups is 1. The van der Waals surface area contributed by atoms with E-state index in [1.54, 1.807) is 7.11 Å². The molecule has 1 atom stereocenters. The third-order valence-corrected chi connectivity index (χ3v) is 6.75.